The van der Waals surface area contributed by atoms with E-state index in [1.165, 1.54) is 18.1 Å². The summed E-state index contributed by atoms with van der Waals surface area (Å²) in [5.74, 6) is -10.1. The molecule has 0 aliphatic heterocycles. The smallest absolute Gasteiger partial charge is 0.326 e. The summed E-state index contributed by atoms with van der Waals surface area (Å²) in [6.07, 6.45) is 4.24. The lowest BCUT2D eigenvalue weighted by Crippen LogP contribution is -2.60. The Labute approximate surface area is 404 Å². The minimum Gasteiger partial charge on any atom is -0.481 e. The van der Waals surface area contributed by atoms with Crippen molar-refractivity contribution in [2.75, 3.05) is 31.6 Å². The number of aromatic nitrogens is 2. The molecule has 0 aliphatic rings. The molecule has 0 radical (unpaired) electrons. The Morgan fingerprint density at radius 3 is 1.80 bits per heavy atom. The van der Waals surface area contributed by atoms with E-state index in [-0.39, 0.29) is 75.7 Å². The number of carboxylic acids is 2. The fraction of sp³-hybridized carbons (Fsp3) is 0.659. The normalized spacial score (nSPS) is 14.0. The molecule has 0 aliphatic carbocycles. The highest BCUT2D eigenvalue weighted by molar-refractivity contribution is 7.98. The fourth-order valence-corrected chi connectivity index (χ4v) is 6.94. The number of carbonyl (C=O) groups excluding carboxylic acids is 8. The maximum atomic E-state index is 13.9. The van der Waals surface area contributed by atoms with Crippen LogP contribution in [-0.4, -0.2) is 159 Å². The highest BCUT2D eigenvalue weighted by Gasteiger charge is 2.34. The van der Waals surface area contributed by atoms with Crippen molar-refractivity contribution in [3.63, 3.8) is 0 Å². The van der Waals surface area contributed by atoms with E-state index < -0.39 is 121 Å². The van der Waals surface area contributed by atoms with Crippen LogP contribution in [-0.2, 0) is 61.4 Å². The summed E-state index contributed by atoms with van der Waals surface area (Å²) in [7, 11) is 1.73. The third-order valence-electron chi connectivity index (χ3n) is 10.0. The van der Waals surface area contributed by atoms with Crippen molar-refractivity contribution in [1.29, 1.82) is 0 Å². The topological polar surface area (TPSA) is 456 Å². The van der Waals surface area contributed by atoms with Gasteiger partial charge < -0.3 is 80.7 Å². The van der Waals surface area contributed by atoms with Crippen molar-refractivity contribution >= 4 is 76.9 Å². The molecule has 0 unspecified atom stereocenters. The molecular formula is C41H71N15O12S. The number of aliphatic carboxylic acids is 2. The van der Waals surface area contributed by atoms with Crippen molar-refractivity contribution < 1.29 is 58.2 Å². The zero-order valence-corrected chi connectivity index (χ0v) is 40.3. The molecular weight excluding hydrogens is 927 g/mol. The van der Waals surface area contributed by atoms with Crippen LogP contribution in [0.4, 0.5) is 0 Å². The molecule has 7 atom stereocenters. The van der Waals surface area contributed by atoms with E-state index in [2.05, 4.69) is 47.2 Å². The number of hydrogen-bond donors (Lipinski definition) is 14. The van der Waals surface area contributed by atoms with Crippen LogP contribution in [0.2, 0.25) is 0 Å². The second kappa shape index (κ2) is 32.2. The number of unbranched alkanes of at least 4 members (excludes halogenated alkanes) is 1. The van der Waals surface area contributed by atoms with Gasteiger partial charge in [0.15, 0.2) is 5.96 Å². The average molecular weight is 998 g/mol. The summed E-state index contributed by atoms with van der Waals surface area (Å²) >= 11 is 1.28. The molecule has 8 amide bonds. The van der Waals surface area contributed by atoms with Crippen molar-refractivity contribution in [2.24, 2.45) is 46.6 Å². The van der Waals surface area contributed by atoms with E-state index in [4.69, 9.17) is 28.7 Å². The number of nitrogens with two attached hydrogens (primary N) is 5. The molecule has 0 aromatic carbocycles. The van der Waals surface area contributed by atoms with Crippen LogP contribution < -0.4 is 65.9 Å². The molecule has 19 N–H and O–H groups in total. The molecule has 388 valence electrons. The number of thioether (sulfide) groups is 1. The van der Waals surface area contributed by atoms with E-state index >= 15 is 0 Å². The predicted molar refractivity (Wildman–Crippen MR) is 253 cm³/mol. The van der Waals surface area contributed by atoms with Gasteiger partial charge in [0.2, 0.25) is 47.3 Å². The van der Waals surface area contributed by atoms with Gasteiger partial charge in [-0.25, -0.2) is 9.78 Å². The van der Waals surface area contributed by atoms with Gasteiger partial charge in [0.1, 0.15) is 36.3 Å². The summed E-state index contributed by atoms with van der Waals surface area (Å²) in [6.45, 7) is 3.19. The number of primary amides is 1. The first-order chi connectivity index (χ1) is 32.5. The van der Waals surface area contributed by atoms with Gasteiger partial charge in [-0.1, -0.05) is 13.8 Å². The SMILES string of the molecule is CSCC[C@H](NC(=O)[C@H](CC(=O)O)NC(=O)[C@H](CCCCN)NC(=O)[C@@H](N)Cc1cn(C)cn1)C(=O)N[C@@H](CCC(N)=O)C(=O)N[C@@H](CC(C)C)C(=O)NCC(=O)N[C@@H](CCCN=C(N)N)C(=O)O. The third kappa shape index (κ3) is 25.4. The van der Waals surface area contributed by atoms with Gasteiger partial charge in [0.05, 0.1) is 31.0 Å². The first-order valence-corrected chi connectivity index (χ1v) is 23.7. The van der Waals surface area contributed by atoms with Crippen molar-refractivity contribution in [1.82, 2.24) is 46.8 Å². The van der Waals surface area contributed by atoms with Crippen LogP contribution in [0.1, 0.15) is 83.7 Å². The molecule has 1 heterocycles. The van der Waals surface area contributed by atoms with Gasteiger partial charge in [0, 0.05) is 32.6 Å². The molecule has 28 heteroatoms. The number of nitrogens with one attached hydrogen (secondary N) is 7. The number of aliphatic imine (C=N–C) groups is 1. The summed E-state index contributed by atoms with van der Waals surface area (Å²) < 4.78 is 1.66. The largest absolute Gasteiger partial charge is 0.481 e. The van der Waals surface area contributed by atoms with Crippen LogP contribution >= 0.6 is 11.8 Å². The van der Waals surface area contributed by atoms with Crippen LogP contribution in [0, 0.1) is 5.92 Å². The molecule has 0 saturated carbocycles. The van der Waals surface area contributed by atoms with E-state index in [1.54, 1.807) is 37.9 Å². The predicted octanol–water partition coefficient (Wildman–Crippen LogP) is -4.88. The molecule has 0 saturated heterocycles. The third-order valence-corrected chi connectivity index (χ3v) is 10.7. The van der Waals surface area contributed by atoms with Crippen LogP contribution in [0.25, 0.3) is 0 Å². The highest BCUT2D eigenvalue weighted by atomic mass is 32.2. The summed E-state index contributed by atoms with van der Waals surface area (Å²) in [4.78, 5) is 138. The first kappa shape index (κ1) is 60.5. The molecule has 1 aromatic rings. The Morgan fingerprint density at radius 2 is 1.28 bits per heavy atom. The van der Waals surface area contributed by atoms with Gasteiger partial charge >= 0.3 is 11.9 Å². The monoisotopic (exact) mass is 998 g/mol. The van der Waals surface area contributed by atoms with Gasteiger partial charge in [-0.3, -0.25) is 48.1 Å². The fourth-order valence-electron chi connectivity index (χ4n) is 6.46. The molecule has 1 aromatic heterocycles. The van der Waals surface area contributed by atoms with Crippen LogP contribution in [0.5, 0.6) is 0 Å². The Balaban J connectivity index is 3.27. The van der Waals surface area contributed by atoms with Gasteiger partial charge in [0.25, 0.3) is 0 Å². The lowest BCUT2D eigenvalue weighted by molar-refractivity contribution is -0.142. The van der Waals surface area contributed by atoms with Crippen molar-refractivity contribution in [3.05, 3.63) is 18.2 Å². The average Bonchev–Trinajstić information content (AvgIpc) is 3.68. The van der Waals surface area contributed by atoms with Crippen LogP contribution in [0.3, 0.4) is 0 Å². The zero-order chi connectivity index (χ0) is 52.2. The molecule has 69 heavy (non-hydrogen) atoms. The second-order valence-electron chi connectivity index (χ2n) is 16.6. The first-order valence-electron chi connectivity index (χ1n) is 22.3. The Morgan fingerprint density at radius 1 is 0.725 bits per heavy atom. The minimum absolute atomic E-state index is 0.0246. The Kier molecular flexibility index (Phi) is 28.3. The number of carboxylic acid groups (broad SMARTS) is 2. The van der Waals surface area contributed by atoms with Crippen molar-refractivity contribution in [3.8, 4) is 0 Å². The van der Waals surface area contributed by atoms with Gasteiger partial charge in [-0.2, -0.15) is 11.8 Å². The zero-order valence-electron chi connectivity index (χ0n) is 39.5. The standard InChI is InChI=1S/C41H71N15O12S/c1-22(2)16-29(35(62)48-19-32(58)50-28(40(67)68)9-7-14-47-41(45)46)54-37(64)26(10-11-31(44)57)52-38(65)27(12-15-69-4)53-39(66)30(18-33(59)60)55-36(63)25(8-5-6-13-42)51-34(61)24(43)17-23-20-56(3)21-49-23/h20-22,24-30H,5-19,42-43H2,1-4H3,(H2,44,57)(H,48,62)(H,50,58)(H,51,61)(H,52,65)(H,53,66)(H,54,64)(H,55,63)(H,59,60)(H,67,68)(H4,45,46,47)/t24-,25-,26-,27-,28-,29-,30-/m0/s1. The molecule has 0 spiro atoms. The van der Waals surface area contributed by atoms with E-state index in [0.29, 0.717) is 18.5 Å². The minimum atomic E-state index is -1.77. The van der Waals surface area contributed by atoms with Gasteiger partial charge in [-0.05, 0) is 75.8 Å². The number of guanidine groups is 1. The highest BCUT2D eigenvalue weighted by Crippen LogP contribution is 2.10. The number of nitrogens with zero attached hydrogens (tertiary/aromatic N) is 3. The molecule has 0 fully saturated rings. The number of imidazole rings is 1. The van der Waals surface area contributed by atoms with Crippen molar-refractivity contribution in [2.45, 2.75) is 127 Å². The lowest BCUT2D eigenvalue weighted by atomic mass is 10.0. The molecule has 0 bridgehead atoms. The molecule has 27 nitrogen and oxygen atoms in total. The summed E-state index contributed by atoms with van der Waals surface area (Å²) in [5.41, 5.74) is 28.2. The lowest BCUT2D eigenvalue weighted by Gasteiger charge is -2.27. The second-order valence-corrected chi connectivity index (χ2v) is 17.6. The Hall–Kier alpha value is -6.55. The van der Waals surface area contributed by atoms with E-state index in [9.17, 15) is 58.2 Å². The quantitative estimate of drug-likeness (QED) is 0.0172. The number of amides is 8. The van der Waals surface area contributed by atoms with Gasteiger partial charge in [-0.15, -0.1) is 0 Å². The maximum Gasteiger partial charge on any atom is 0.326 e. The van der Waals surface area contributed by atoms with E-state index in [0.717, 1.165) is 0 Å². The number of rotatable bonds is 35. The van der Waals surface area contributed by atoms with E-state index in [1.807, 2.05) is 0 Å². The number of hydrogen-bond acceptors (Lipinski definition) is 15. The maximum absolute atomic E-state index is 13.9. The number of aryl methyl sites for hydroxylation is 1. The molecule has 1 rings (SSSR count). The number of carbonyl (C=O) groups is 10. The van der Waals surface area contributed by atoms with Crippen LogP contribution in [0.15, 0.2) is 17.5 Å². The summed E-state index contributed by atoms with van der Waals surface area (Å²) in [5, 5.41) is 36.3. The summed E-state index contributed by atoms with van der Waals surface area (Å²) in [6, 6.07) is -9.77. The Bertz CT molecular complexity index is 1930.